The van der Waals surface area contributed by atoms with Crippen LogP contribution in [-0.4, -0.2) is 19.6 Å². The van der Waals surface area contributed by atoms with Gasteiger partial charge in [-0.15, -0.1) is 0 Å². The van der Waals surface area contributed by atoms with Gasteiger partial charge in [-0.1, -0.05) is 17.7 Å². The predicted octanol–water partition coefficient (Wildman–Crippen LogP) is 4.52. The lowest BCUT2D eigenvalue weighted by Crippen LogP contribution is -2.03. The summed E-state index contributed by atoms with van der Waals surface area (Å²) in [6.45, 7) is 0.443. The van der Waals surface area contributed by atoms with Gasteiger partial charge in [0.25, 0.3) is 5.91 Å². The van der Waals surface area contributed by atoms with Crippen molar-refractivity contribution < 1.29 is 14.3 Å². The minimum Gasteiger partial charge on any atom is -0.493 e. The van der Waals surface area contributed by atoms with Crippen molar-refractivity contribution in [2.24, 2.45) is 0 Å². The molecule has 1 aliphatic heterocycles. The van der Waals surface area contributed by atoms with Gasteiger partial charge < -0.3 is 14.8 Å². The number of rotatable bonds is 6. The third-order valence-corrected chi connectivity index (χ3v) is 4.19. The fourth-order valence-electron chi connectivity index (χ4n) is 2.70. The molecule has 0 bridgehead atoms. The molecule has 0 fully saturated rings. The van der Waals surface area contributed by atoms with Gasteiger partial charge in [-0.05, 0) is 48.4 Å². The second-order valence-corrected chi connectivity index (χ2v) is 6.16. The molecular formula is C20H17ClN2O3. The molecule has 0 unspecified atom stereocenters. The van der Waals surface area contributed by atoms with Gasteiger partial charge in [-0.3, -0.25) is 4.79 Å². The van der Waals surface area contributed by atoms with Crippen molar-refractivity contribution in [1.82, 2.24) is 0 Å². The van der Waals surface area contributed by atoms with Gasteiger partial charge in [0.05, 0.1) is 19.8 Å². The van der Waals surface area contributed by atoms with E-state index in [2.05, 4.69) is 11.4 Å². The Morgan fingerprint density at radius 3 is 2.85 bits per heavy atom. The molecule has 0 radical (unpaired) electrons. The highest BCUT2D eigenvalue weighted by atomic mass is 35.5. The molecule has 0 aliphatic carbocycles. The zero-order chi connectivity index (χ0) is 18.5. The normalized spacial score (nSPS) is 13.9. The zero-order valence-corrected chi connectivity index (χ0v) is 15.0. The van der Waals surface area contributed by atoms with Crippen LogP contribution in [0.2, 0.25) is 5.02 Å². The summed E-state index contributed by atoms with van der Waals surface area (Å²) >= 11 is 6.06. The molecular weight excluding hydrogens is 352 g/mol. The van der Waals surface area contributed by atoms with Crippen LogP contribution >= 0.6 is 11.6 Å². The Kier molecular flexibility index (Phi) is 5.45. The van der Waals surface area contributed by atoms with Crippen LogP contribution in [0.5, 0.6) is 11.5 Å². The number of anilines is 1. The number of benzene rings is 2. The van der Waals surface area contributed by atoms with Gasteiger partial charge in [0.1, 0.15) is 0 Å². The maximum Gasteiger partial charge on any atom is 0.256 e. The molecule has 0 aromatic heterocycles. The van der Waals surface area contributed by atoms with Crippen molar-refractivity contribution in [3.63, 3.8) is 0 Å². The lowest BCUT2D eigenvalue weighted by Gasteiger charge is -2.11. The lowest BCUT2D eigenvalue weighted by molar-refractivity contribution is -0.110. The van der Waals surface area contributed by atoms with E-state index in [1.807, 2.05) is 12.1 Å². The monoisotopic (exact) mass is 368 g/mol. The fourth-order valence-corrected chi connectivity index (χ4v) is 2.87. The molecule has 2 aromatic carbocycles. The molecule has 1 N–H and O–H groups in total. The number of methoxy groups -OCH3 is 1. The number of halogens is 1. The molecule has 132 valence electrons. The quantitative estimate of drug-likeness (QED) is 0.601. The Bertz CT molecular complexity index is 916. The van der Waals surface area contributed by atoms with E-state index in [0.29, 0.717) is 41.5 Å². The average Bonchev–Trinajstić information content (AvgIpc) is 2.94. The highest BCUT2D eigenvalue weighted by molar-refractivity contribution is 6.36. The van der Waals surface area contributed by atoms with Crippen LogP contribution in [-0.2, 0) is 4.79 Å². The molecule has 3 rings (SSSR count). The van der Waals surface area contributed by atoms with Crippen LogP contribution in [0.25, 0.3) is 11.6 Å². The first-order valence-corrected chi connectivity index (χ1v) is 8.51. The minimum absolute atomic E-state index is 0.168. The number of nitrogens with zero attached hydrogens (tertiary/aromatic N) is 1. The SMILES string of the molecule is COc1cc(/C=C2/C(=O)Nc3ccc(Cl)cc32)ccc1OCCCC#N. The first-order chi connectivity index (χ1) is 12.6. The molecule has 1 aliphatic rings. The van der Waals surface area contributed by atoms with E-state index >= 15 is 0 Å². The summed E-state index contributed by atoms with van der Waals surface area (Å²) in [7, 11) is 1.56. The maximum atomic E-state index is 12.3. The molecule has 0 saturated carbocycles. The van der Waals surface area contributed by atoms with Crippen LogP contribution in [0, 0.1) is 11.3 Å². The van der Waals surface area contributed by atoms with Crippen LogP contribution in [0.15, 0.2) is 36.4 Å². The summed E-state index contributed by atoms with van der Waals surface area (Å²) in [6.07, 6.45) is 2.90. The van der Waals surface area contributed by atoms with Crippen molar-refractivity contribution in [3.8, 4) is 17.6 Å². The summed E-state index contributed by atoms with van der Waals surface area (Å²) in [5, 5.41) is 12.0. The molecule has 1 heterocycles. The Balaban J connectivity index is 1.87. The molecule has 5 nitrogen and oxygen atoms in total. The summed E-state index contributed by atoms with van der Waals surface area (Å²) in [6, 6.07) is 12.8. The van der Waals surface area contributed by atoms with E-state index in [4.69, 9.17) is 26.3 Å². The van der Waals surface area contributed by atoms with Gasteiger partial charge >= 0.3 is 0 Å². The van der Waals surface area contributed by atoms with Crippen LogP contribution in [0.3, 0.4) is 0 Å². The smallest absolute Gasteiger partial charge is 0.256 e. The van der Waals surface area contributed by atoms with E-state index in [1.54, 1.807) is 37.5 Å². The number of unbranched alkanes of at least 4 members (excludes halogenated alkanes) is 1. The van der Waals surface area contributed by atoms with Crippen LogP contribution < -0.4 is 14.8 Å². The number of ether oxygens (including phenoxy) is 2. The average molecular weight is 369 g/mol. The summed E-state index contributed by atoms with van der Waals surface area (Å²) in [5.74, 6) is 1.01. The van der Waals surface area contributed by atoms with Crippen molar-refractivity contribution in [1.29, 1.82) is 5.26 Å². The van der Waals surface area contributed by atoms with E-state index in [-0.39, 0.29) is 5.91 Å². The van der Waals surface area contributed by atoms with Crippen LogP contribution in [0.1, 0.15) is 24.0 Å². The Labute approximate surface area is 156 Å². The predicted molar refractivity (Wildman–Crippen MR) is 101 cm³/mol. The summed E-state index contributed by atoms with van der Waals surface area (Å²) in [4.78, 5) is 12.3. The minimum atomic E-state index is -0.168. The van der Waals surface area contributed by atoms with Gasteiger partial charge in [0.2, 0.25) is 0 Å². The second-order valence-electron chi connectivity index (χ2n) is 5.72. The Morgan fingerprint density at radius 1 is 1.23 bits per heavy atom. The number of carbonyl (C=O) groups excluding carboxylic acids is 1. The Hall–Kier alpha value is -2.97. The van der Waals surface area contributed by atoms with Gasteiger partial charge in [-0.2, -0.15) is 5.26 Å². The number of nitrogens with one attached hydrogen (secondary N) is 1. The molecule has 0 spiro atoms. The van der Waals surface area contributed by atoms with Crippen molar-refractivity contribution >= 4 is 34.8 Å². The largest absolute Gasteiger partial charge is 0.493 e. The molecule has 6 heteroatoms. The fraction of sp³-hybridized carbons (Fsp3) is 0.200. The number of amides is 1. The number of carbonyl (C=O) groups is 1. The second kappa shape index (κ2) is 7.94. The number of fused-ring (bicyclic) bond motifs is 1. The number of nitriles is 1. The Morgan fingerprint density at radius 2 is 2.08 bits per heavy atom. The molecule has 26 heavy (non-hydrogen) atoms. The summed E-state index contributed by atoms with van der Waals surface area (Å²) < 4.78 is 11.0. The summed E-state index contributed by atoms with van der Waals surface area (Å²) in [5.41, 5.74) is 2.88. The third-order valence-electron chi connectivity index (χ3n) is 3.95. The highest BCUT2D eigenvalue weighted by Crippen LogP contribution is 2.36. The van der Waals surface area contributed by atoms with Gasteiger partial charge in [0.15, 0.2) is 11.5 Å². The first kappa shape index (κ1) is 17.8. The standard InChI is InChI=1S/C20H17ClN2O3/c1-25-19-11-13(4-7-18(19)26-9-3-2-8-22)10-16-15-12-14(21)5-6-17(15)23-20(16)24/h4-7,10-12H,2-3,9H2,1H3,(H,23,24)/b16-10+. The van der Waals surface area contributed by atoms with Crippen molar-refractivity contribution in [2.75, 3.05) is 19.0 Å². The topological polar surface area (TPSA) is 71.3 Å². The van der Waals surface area contributed by atoms with Crippen molar-refractivity contribution in [3.05, 3.63) is 52.5 Å². The lowest BCUT2D eigenvalue weighted by atomic mass is 10.0. The van der Waals surface area contributed by atoms with Crippen LogP contribution in [0.4, 0.5) is 5.69 Å². The molecule has 2 aromatic rings. The first-order valence-electron chi connectivity index (χ1n) is 8.13. The van der Waals surface area contributed by atoms with E-state index in [9.17, 15) is 4.79 Å². The van der Waals surface area contributed by atoms with Crippen molar-refractivity contribution in [2.45, 2.75) is 12.8 Å². The molecule has 0 saturated heterocycles. The zero-order valence-electron chi connectivity index (χ0n) is 14.2. The number of hydrogen-bond acceptors (Lipinski definition) is 4. The maximum absolute atomic E-state index is 12.3. The van der Waals surface area contributed by atoms with Gasteiger partial charge in [0, 0.05) is 28.3 Å². The van der Waals surface area contributed by atoms with E-state index < -0.39 is 0 Å². The third kappa shape index (κ3) is 3.81. The highest BCUT2D eigenvalue weighted by Gasteiger charge is 2.24. The number of hydrogen-bond donors (Lipinski definition) is 1. The van der Waals surface area contributed by atoms with E-state index in [1.165, 1.54) is 0 Å². The molecule has 1 amide bonds. The van der Waals surface area contributed by atoms with E-state index in [0.717, 1.165) is 16.8 Å². The molecule has 0 atom stereocenters. The van der Waals surface area contributed by atoms with Gasteiger partial charge in [-0.25, -0.2) is 0 Å².